The van der Waals surface area contributed by atoms with Gasteiger partial charge in [0.1, 0.15) is 4.90 Å². The van der Waals surface area contributed by atoms with Gasteiger partial charge in [-0.2, -0.15) is 0 Å². The molecule has 0 radical (unpaired) electrons. The number of sulfonamides is 1. The minimum atomic E-state index is -3.68. The van der Waals surface area contributed by atoms with Gasteiger partial charge < -0.3 is 10.0 Å². The van der Waals surface area contributed by atoms with Crippen molar-refractivity contribution < 1.29 is 22.9 Å². The smallest absolute Gasteiger partial charge is 0.308 e. The number of aromatic nitrogens is 2. The van der Waals surface area contributed by atoms with Crippen molar-refractivity contribution in [2.45, 2.75) is 11.3 Å². The molecule has 1 aromatic heterocycles. The Labute approximate surface area is 132 Å². The number of benzene rings is 1. The van der Waals surface area contributed by atoms with Gasteiger partial charge in [-0.25, -0.2) is 17.4 Å². The Morgan fingerprint density at radius 2 is 2.04 bits per heavy atom. The van der Waals surface area contributed by atoms with E-state index in [2.05, 4.69) is 10.3 Å². The van der Waals surface area contributed by atoms with Gasteiger partial charge in [-0.1, -0.05) is 0 Å². The van der Waals surface area contributed by atoms with Crippen molar-refractivity contribution in [1.82, 2.24) is 14.6 Å². The summed E-state index contributed by atoms with van der Waals surface area (Å²) in [5.74, 6) is -1.29. The molecule has 1 N–H and O–H groups in total. The first-order chi connectivity index (χ1) is 10.8. The van der Waals surface area contributed by atoms with Crippen LogP contribution >= 0.6 is 0 Å². The second-order valence-electron chi connectivity index (χ2n) is 5.60. The van der Waals surface area contributed by atoms with Crippen LogP contribution in [0.15, 0.2) is 21.7 Å². The number of rotatable bonds is 4. The Morgan fingerprint density at radius 3 is 2.65 bits per heavy atom. The summed E-state index contributed by atoms with van der Waals surface area (Å²) in [6.07, 6.45) is 0.528. The quantitative estimate of drug-likeness (QED) is 0.849. The van der Waals surface area contributed by atoms with Gasteiger partial charge in [0.15, 0.2) is 11.0 Å². The summed E-state index contributed by atoms with van der Waals surface area (Å²) in [6.45, 7) is 0.899. The van der Waals surface area contributed by atoms with Gasteiger partial charge in [0.2, 0.25) is 10.0 Å². The zero-order valence-electron chi connectivity index (χ0n) is 12.6. The minimum absolute atomic E-state index is 0.0106. The van der Waals surface area contributed by atoms with Crippen molar-refractivity contribution in [2.75, 3.05) is 32.1 Å². The highest BCUT2D eigenvalue weighted by Gasteiger charge is 2.31. The van der Waals surface area contributed by atoms with Crippen LogP contribution in [0.1, 0.15) is 6.42 Å². The van der Waals surface area contributed by atoms with Gasteiger partial charge in [-0.05, 0) is 28.9 Å². The molecule has 2 aromatic rings. The second-order valence-corrected chi connectivity index (χ2v) is 7.72. The molecule has 1 aliphatic rings. The van der Waals surface area contributed by atoms with Gasteiger partial charge in [-0.3, -0.25) is 4.79 Å². The third-order valence-electron chi connectivity index (χ3n) is 3.99. The first-order valence-corrected chi connectivity index (χ1v) is 8.42. The lowest BCUT2D eigenvalue weighted by atomic mass is 10.1. The maximum Gasteiger partial charge on any atom is 0.308 e. The number of carboxylic acids is 1. The van der Waals surface area contributed by atoms with E-state index in [0.29, 0.717) is 30.7 Å². The molecule has 3 rings (SSSR count). The molecule has 10 heteroatoms. The van der Waals surface area contributed by atoms with Gasteiger partial charge in [0.25, 0.3) is 0 Å². The van der Waals surface area contributed by atoms with Crippen molar-refractivity contribution in [3.63, 3.8) is 0 Å². The minimum Gasteiger partial charge on any atom is -0.481 e. The molecule has 2 heterocycles. The van der Waals surface area contributed by atoms with Crippen LogP contribution in [-0.2, 0) is 14.8 Å². The Hall–Kier alpha value is -2.20. The molecule has 1 unspecified atom stereocenters. The highest BCUT2D eigenvalue weighted by molar-refractivity contribution is 7.89. The fourth-order valence-corrected chi connectivity index (χ4v) is 3.68. The zero-order chi connectivity index (χ0) is 16.8. The lowest BCUT2D eigenvalue weighted by Gasteiger charge is -2.19. The van der Waals surface area contributed by atoms with Crippen LogP contribution in [0.3, 0.4) is 0 Å². The first kappa shape index (κ1) is 15.7. The summed E-state index contributed by atoms with van der Waals surface area (Å²) in [5, 5.41) is 16.6. The van der Waals surface area contributed by atoms with Crippen LogP contribution in [-0.4, -0.2) is 61.3 Å². The zero-order valence-corrected chi connectivity index (χ0v) is 13.4. The van der Waals surface area contributed by atoms with Crippen molar-refractivity contribution in [3.8, 4) is 0 Å². The van der Waals surface area contributed by atoms with E-state index in [0.717, 1.165) is 4.31 Å². The largest absolute Gasteiger partial charge is 0.481 e. The summed E-state index contributed by atoms with van der Waals surface area (Å²) in [4.78, 5) is 13.0. The molecular formula is C13H16N4O5S. The van der Waals surface area contributed by atoms with Crippen molar-refractivity contribution in [2.24, 2.45) is 5.92 Å². The van der Waals surface area contributed by atoms with E-state index < -0.39 is 21.9 Å². The Balaban J connectivity index is 2.06. The first-order valence-electron chi connectivity index (χ1n) is 6.98. The Bertz CT molecular complexity index is 860. The molecule has 1 aliphatic heterocycles. The Morgan fingerprint density at radius 1 is 1.35 bits per heavy atom. The molecule has 1 saturated heterocycles. The fourth-order valence-electron chi connectivity index (χ4n) is 2.67. The predicted molar refractivity (Wildman–Crippen MR) is 80.6 cm³/mol. The number of hydrogen-bond donors (Lipinski definition) is 1. The highest BCUT2D eigenvalue weighted by Crippen LogP contribution is 2.33. The molecule has 0 saturated carbocycles. The van der Waals surface area contributed by atoms with E-state index in [1.54, 1.807) is 6.07 Å². The van der Waals surface area contributed by atoms with Gasteiger partial charge >= 0.3 is 5.97 Å². The topological polar surface area (TPSA) is 117 Å². The normalized spacial score (nSPS) is 18.9. The van der Waals surface area contributed by atoms with Crippen molar-refractivity contribution in [3.05, 3.63) is 12.1 Å². The molecule has 23 heavy (non-hydrogen) atoms. The van der Waals surface area contributed by atoms with Crippen LogP contribution in [0.4, 0.5) is 5.69 Å². The maximum absolute atomic E-state index is 12.3. The summed E-state index contributed by atoms with van der Waals surface area (Å²) in [7, 11) is -0.818. The van der Waals surface area contributed by atoms with Crippen LogP contribution in [0, 0.1) is 5.92 Å². The molecule has 124 valence electrons. The van der Waals surface area contributed by atoms with Crippen LogP contribution < -0.4 is 4.90 Å². The van der Waals surface area contributed by atoms with Crippen molar-refractivity contribution >= 4 is 32.7 Å². The number of aliphatic carboxylic acids is 1. The second kappa shape index (κ2) is 5.46. The molecule has 1 aromatic carbocycles. The lowest BCUT2D eigenvalue weighted by Crippen LogP contribution is -2.24. The van der Waals surface area contributed by atoms with E-state index in [1.165, 1.54) is 20.2 Å². The fraction of sp³-hybridized carbons (Fsp3) is 0.462. The van der Waals surface area contributed by atoms with E-state index in [9.17, 15) is 13.2 Å². The molecular weight excluding hydrogens is 324 g/mol. The van der Waals surface area contributed by atoms with Gasteiger partial charge in [0.05, 0.1) is 11.6 Å². The summed E-state index contributed by atoms with van der Waals surface area (Å²) >= 11 is 0. The standard InChI is InChI=1S/C13H16N4O5S/c1-16(2)23(20,21)10-4-3-9(11-12(10)15-22-14-11)17-6-5-8(7-17)13(18)19/h3-4,8H,5-7H2,1-2H3,(H,18,19). The van der Waals surface area contributed by atoms with Crippen molar-refractivity contribution in [1.29, 1.82) is 0 Å². The average molecular weight is 340 g/mol. The molecule has 9 nitrogen and oxygen atoms in total. The predicted octanol–water partition coefficient (Wildman–Crippen LogP) is 0.384. The number of nitrogens with zero attached hydrogens (tertiary/aromatic N) is 4. The highest BCUT2D eigenvalue weighted by atomic mass is 32.2. The molecule has 0 amide bonds. The molecule has 1 atom stereocenters. The third-order valence-corrected chi connectivity index (χ3v) is 5.84. The SMILES string of the molecule is CN(C)S(=O)(=O)c1ccc(N2CCC(C(=O)O)C2)c2nonc12. The van der Waals surface area contributed by atoms with Gasteiger partial charge in [0, 0.05) is 27.2 Å². The summed E-state index contributed by atoms with van der Waals surface area (Å²) in [5.41, 5.74) is 1.09. The monoisotopic (exact) mass is 340 g/mol. The summed E-state index contributed by atoms with van der Waals surface area (Å²) < 4.78 is 30.5. The van der Waals surface area contributed by atoms with Crippen LogP contribution in [0.2, 0.25) is 0 Å². The number of fused-ring (bicyclic) bond motifs is 1. The number of hydrogen-bond acceptors (Lipinski definition) is 7. The van der Waals surface area contributed by atoms with E-state index >= 15 is 0 Å². The van der Waals surface area contributed by atoms with E-state index in [-0.39, 0.29) is 10.4 Å². The molecule has 0 aliphatic carbocycles. The van der Waals surface area contributed by atoms with Gasteiger partial charge in [-0.15, -0.1) is 0 Å². The summed E-state index contributed by atoms with van der Waals surface area (Å²) in [6, 6.07) is 3.07. The van der Waals surface area contributed by atoms with E-state index in [4.69, 9.17) is 9.74 Å². The number of carbonyl (C=O) groups is 1. The number of carboxylic acid groups (broad SMARTS) is 1. The average Bonchev–Trinajstić information content (AvgIpc) is 3.15. The molecule has 0 spiro atoms. The Kier molecular flexibility index (Phi) is 3.72. The molecule has 1 fully saturated rings. The number of anilines is 1. The lowest BCUT2D eigenvalue weighted by molar-refractivity contribution is -0.140. The maximum atomic E-state index is 12.3. The third kappa shape index (κ3) is 2.53. The van der Waals surface area contributed by atoms with Crippen LogP contribution in [0.5, 0.6) is 0 Å². The van der Waals surface area contributed by atoms with E-state index in [1.807, 2.05) is 4.90 Å². The van der Waals surface area contributed by atoms with Crippen LogP contribution in [0.25, 0.3) is 11.0 Å². The molecule has 0 bridgehead atoms.